The lowest BCUT2D eigenvalue weighted by molar-refractivity contribution is 0.238. The molecule has 0 fully saturated rings. The first kappa shape index (κ1) is 13.6. The van der Waals surface area contributed by atoms with E-state index in [2.05, 4.69) is 38.0 Å². The first-order valence-electron chi connectivity index (χ1n) is 5.76. The lowest BCUT2D eigenvalue weighted by atomic mass is 9.98. The topological polar surface area (TPSA) is 45.1 Å². The Hall–Kier alpha value is -0.450. The van der Waals surface area contributed by atoms with Gasteiger partial charge in [0.05, 0.1) is 11.6 Å². The molecule has 1 atom stereocenters. The molecule has 16 heavy (non-hydrogen) atoms. The van der Waals surface area contributed by atoms with Crippen molar-refractivity contribution in [2.45, 2.75) is 52.1 Å². The Morgan fingerprint density at radius 1 is 1.50 bits per heavy atom. The van der Waals surface area contributed by atoms with Crippen LogP contribution in [0.2, 0.25) is 0 Å². The van der Waals surface area contributed by atoms with Crippen LogP contribution in [0.3, 0.4) is 0 Å². The highest BCUT2D eigenvalue weighted by Gasteiger charge is 2.18. The Labute approximate surface area is 102 Å². The number of aromatic nitrogens is 1. The van der Waals surface area contributed by atoms with E-state index in [0.29, 0.717) is 0 Å². The highest BCUT2D eigenvalue weighted by atomic mass is 32.1. The summed E-state index contributed by atoms with van der Waals surface area (Å²) in [5.74, 6) is 0. The van der Waals surface area contributed by atoms with Crippen molar-refractivity contribution in [3.05, 3.63) is 16.1 Å². The average Bonchev–Trinajstić information content (AvgIpc) is 2.67. The number of thiazole rings is 1. The summed E-state index contributed by atoms with van der Waals surface area (Å²) in [6.07, 6.45) is 2.88. The summed E-state index contributed by atoms with van der Waals surface area (Å²) < 4.78 is 0. The van der Waals surface area contributed by atoms with Crippen LogP contribution in [0.1, 0.15) is 44.0 Å². The van der Waals surface area contributed by atoms with E-state index in [-0.39, 0.29) is 18.1 Å². The molecule has 0 bridgehead atoms. The molecule has 4 heteroatoms. The summed E-state index contributed by atoms with van der Waals surface area (Å²) in [5.41, 5.74) is 0.129. The monoisotopic (exact) mass is 242 g/mol. The number of rotatable bonds is 5. The van der Waals surface area contributed by atoms with Crippen LogP contribution in [-0.4, -0.2) is 22.7 Å². The van der Waals surface area contributed by atoms with Crippen LogP contribution in [0.15, 0.2) is 6.20 Å². The van der Waals surface area contributed by atoms with Crippen molar-refractivity contribution in [2.75, 3.05) is 6.61 Å². The van der Waals surface area contributed by atoms with Gasteiger partial charge < -0.3 is 10.4 Å². The van der Waals surface area contributed by atoms with E-state index in [9.17, 15) is 0 Å². The number of hydrogen-bond acceptors (Lipinski definition) is 4. The number of aliphatic hydroxyl groups is 1. The minimum absolute atomic E-state index is 0.129. The standard InChI is InChI=1S/C12H22N2OS/c1-5-9(8-15)13-6-10-7-14-11(16-10)12(2,3)4/h7,9,13,15H,5-6,8H2,1-4H3. The first-order chi connectivity index (χ1) is 7.47. The molecule has 3 nitrogen and oxygen atoms in total. The maximum Gasteiger partial charge on any atom is 0.0981 e. The van der Waals surface area contributed by atoms with Crippen molar-refractivity contribution in [3.8, 4) is 0 Å². The van der Waals surface area contributed by atoms with Gasteiger partial charge in [-0.25, -0.2) is 4.98 Å². The molecule has 0 aliphatic rings. The van der Waals surface area contributed by atoms with Crippen LogP contribution >= 0.6 is 11.3 Å². The van der Waals surface area contributed by atoms with Crippen molar-refractivity contribution in [1.82, 2.24) is 10.3 Å². The van der Waals surface area contributed by atoms with Gasteiger partial charge in [0, 0.05) is 29.1 Å². The summed E-state index contributed by atoms with van der Waals surface area (Å²) in [4.78, 5) is 5.67. The quantitative estimate of drug-likeness (QED) is 0.833. The maximum atomic E-state index is 9.06. The van der Waals surface area contributed by atoms with Crippen molar-refractivity contribution < 1.29 is 5.11 Å². The Bertz CT molecular complexity index is 313. The number of aliphatic hydroxyl groups excluding tert-OH is 1. The fraction of sp³-hybridized carbons (Fsp3) is 0.750. The zero-order chi connectivity index (χ0) is 12.2. The average molecular weight is 242 g/mol. The van der Waals surface area contributed by atoms with Crippen molar-refractivity contribution in [1.29, 1.82) is 0 Å². The zero-order valence-corrected chi connectivity index (χ0v) is 11.4. The summed E-state index contributed by atoms with van der Waals surface area (Å²) in [7, 11) is 0. The molecule has 0 spiro atoms. The Morgan fingerprint density at radius 3 is 2.62 bits per heavy atom. The normalized spacial score (nSPS) is 14.1. The summed E-state index contributed by atoms with van der Waals surface area (Å²) in [5, 5.41) is 13.6. The lowest BCUT2D eigenvalue weighted by Gasteiger charge is -2.14. The Balaban J connectivity index is 2.53. The maximum absolute atomic E-state index is 9.06. The second-order valence-electron chi connectivity index (χ2n) is 5.05. The molecule has 2 N–H and O–H groups in total. The smallest absolute Gasteiger partial charge is 0.0981 e. The minimum Gasteiger partial charge on any atom is -0.395 e. The van der Waals surface area contributed by atoms with Crippen LogP contribution in [0, 0.1) is 0 Å². The van der Waals surface area contributed by atoms with Crippen molar-refractivity contribution >= 4 is 11.3 Å². The minimum atomic E-state index is 0.129. The predicted octanol–water partition coefficient (Wildman–Crippen LogP) is 2.30. The predicted molar refractivity (Wildman–Crippen MR) is 68.8 cm³/mol. The van der Waals surface area contributed by atoms with Crippen LogP contribution in [-0.2, 0) is 12.0 Å². The third-order valence-corrected chi connectivity index (χ3v) is 3.90. The molecule has 1 rings (SSSR count). The molecule has 1 heterocycles. The molecular weight excluding hydrogens is 220 g/mol. The van der Waals surface area contributed by atoms with Crippen LogP contribution < -0.4 is 5.32 Å². The SMILES string of the molecule is CCC(CO)NCc1cnc(C(C)(C)C)s1. The zero-order valence-electron chi connectivity index (χ0n) is 10.6. The van der Waals surface area contributed by atoms with Gasteiger partial charge in [-0.1, -0.05) is 27.7 Å². The fourth-order valence-electron chi connectivity index (χ4n) is 1.32. The molecular formula is C12H22N2OS. The summed E-state index contributed by atoms with van der Waals surface area (Å²) in [6.45, 7) is 9.58. The third-order valence-electron chi connectivity index (χ3n) is 2.47. The van der Waals surface area contributed by atoms with E-state index in [1.807, 2.05) is 6.20 Å². The Morgan fingerprint density at radius 2 is 2.19 bits per heavy atom. The van der Waals surface area contributed by atoms with Crippen molar-refractivity contribution in [2.24, 2.45) is 0 Å². The second-order valence-corrected chi connectivity index (χ2v) is 6.17. The van der Waals surface area contributed by atoms with Gasteiger partial charge in [0.2, 0.25) is 0 Å². The molecule has 1 aromatic heterocycles. The highest BCUT2D eigenvalue weighted by molar-refractivity contribution is 7.11. The van der Waals surface area contributed by atoms with Gasteiger partial charge in [0.15, 0.2) is 0 Å². The van der Waals surface area contributed by atoms with Gasteiger partial charge >= 0.3 is 0 Å². The molecule has 1 unspecified atom stereocenters. The van der Waals surface area contributed by atoms with Gasteiger partial charge in [0.1, 0.15) is 0 Å². The number of nitrogens with one attached hydrogen (secondary N) is 1. The molecule has 0 aliphatic heterocycles. The molecule has 0 aromatic carbocycles. The lowest BCUT2D eigenvalue weighted by Crippen LogP contribution is -2.30. The van der Waals surface area contributed by atoms with E-state index < -0.39 is 0 Å². The van der Waals surface area contributed by atoms with Crippen LogP contribution in [0.5, 0.6) is 0 Å². The molecule has 0 amide bonds. The van der Waals surface area contributed by atoms with E-state index in [0.717, 1.165) is 13.0 Å². The molecule has 0 saturated carbocycles. The van der Waals surface area contributed by atoms with Gasteiger partial charge in [-0.05, 0) is 6.42 Å². The van der Waals surface area contributed by atoms with Crippen LogP contribution in [0.4, 0.5) is 0 Å². The highest BCUT2D eigenvalue weighted by Crippen LogP contribution is 2.26. The molecule has 92 valence electrons. The first-order valence-corrected chi connectivity index (χ1v) is 6.58. The number of hydrogen-bond donors (Lipinski definition) is 2. The molecule has 1 aromatic rings. The summed E-state index contributed by atoms with van der Waals surface area (Å²) >= 11 is 1.75. The van der Waals surface area contributed by atoms with Crippen molar-refractivity contribution in [3.63, 3.8) is 0 Å². The Kier molecular flexibility index (Phi) is 4.89. The number of nitrogens with zero attached hydrogens (tertiary/aromatic N) is 1. The molecule has 0 radical (unpaired) electrons. The van der Waals surface area contributed by atoms with Gasteiger partial charge in [-0.2, -0.15) is 0 Å². The second kappa shape index (κ2) is 5.75. The van der Waals surface area contributed by atoms with Crippen LogP contribution in [0.25, 0.3) is 0 Å². The van der Waals surface area contributed by atoms with E-state index in [1.165, 1.54) is 9.88 Å². The summed E-state index contributed by atoms with van der Waals surface area (Å²) in [6, 6.07) is 0.195. The van der Waals surface area contributed by atoms with E-state index >= 15 is 0 Å². The molecule has 0 aliphatic carbocycles. The van der Waals surface area contributed by atoms with E-state index in [4.69, 9.17) is 5.11 Å². The van der Waals surface area contributed by atoms with Gasteiger partial charge in [-0.15, -0.1) is 11.3 Å². The van der Waals surface area contributed by atoms with E-state index in [1.54, 1.807) is 11.3 Å². The fourth-order valence-corrected chi connectivity index (χ4v) is 2.24. The largest absolute Gasteiger partial charge is 0.395 e. The van der Waals surface area contributed by atoms with Gasteiger partial charge in [-0.3, -0.25) is 0 Å². The third kappa shape index (κ3) is 3.85. The van der Waals surface area contributed by atoms with Gasteiger partial charge in [0.25, 0.3) is 0 Å². The molecule has 0 saturated heterocycles.